The topological polar surface area (TPSA) is 131 Å². The second-order valence-corrected chi connectivity index (χ2v) is 8.04. The van der Waals surface area contributed by atoms with E-state index in [9.17, 15) is 14.4 Å². The van der Waals surface area contributed by atoms with Crippen molar-refractivity contribution in [3.63, 3.8) is 0 Å². The lowest BCUT2D eigenvalue weighted by Gasteiger charge is -2.19. The van der Waals surface area contributed by atoms with Gasteiger partial charge in [-0.05, 0) is 35.6 Å². The molecule has 0 saturated carbocycles. The van der Waals surface area contributed by atoms with E-state index >= 15 is 0 Å². The van der Waals surface area contributed by atoms with Crippen molar-refractivity contribution in [3.05, 3.63) is 77.5 Å². The lowest BCUT2D eigenvalue weighted by Crippen LogP contribution is -2.47. The molecule has 1 aliphatic carbocycles. The Labute approximate surface area is 196 Å². The maximum absolute atomic E-state index is 12.6. The SMILES string of the molecule is Cc1cnc(CNC(=O)C(CCC(=O)O)NC(=O)OCC2c3ccccc3-c3ccccc32)o1. The highest BCUT2D eigenvalue weighted by Crippen LogP contribution is 2.44. The van der Waals surface area contributed by atoms with Crippen molar-refractivity contribution in [2.75, 3.05) is 6.61 Å². The van der Waals surface area contributed by atoms with Crippen molar-refractivity contribution in [2.45, 2.75) is 38.3 Å². The molecule has 1 heterocycles. The number of benzene rings is 2. The maximum Gasteiger partial charge on any atom is 0.407 e. The number of carbonyl (C=O) groups is 3. The summed E-state index contributed by atoms with van der Waals surface area (Å²) in [6, 6.07) is 14.8. The van der Waals surface area contributed by atoms with Crippen LogP contribution in [0, 0.1) is 6.92 Å². The number of carboxylic acid groups (broad SMARTS) is 1. The smallest absolute Gasteiger partial charge is 0.407 e. The number of alkyl carbamates (subject to hydrolysis) is 1. The summed E-state index contributed by atoms with van der Waals surface area (Å²) >= 11 is 0. The first-order valence-corrected chi connectivity index (χ1v) is 10.9. The van der Waals surface area contributed by atoms with Gasteiger partial charge in [0, 0.05) is 12.3 Å². The molecule has 3 N–H and O–H groups in total. The van der Waals surface area contributed by atoms with E-state index in [0.717, 1.165) is 22.3 Å². The van der Waals surface area contributed by atoms with Crippen molar-refractivity contribution in [3.8, 4) is 11.1 Å². The molecule has 2 aromatic carbocycles. The number of aromatic nitrogens is 1. The number of oxazole rings is 1. The lowest BCUT2D eigenvalue weighted by molar-refractivity contribution is -0.137. The highest BCUT2D eigenvalue weighted by atomic mass is 16.5. The summed E-state index contributed by atoms with van der Waals surface area (Å²) < 4.78 is 10.8. The van der Waals surface area contributed by atoms with Gasteiger partial charge in [0.05, 0.1) is 12.7 Å². The second-order valence-electron chi connectivity index (χ2n) is 8.04. The maximum atomic E-state index is 12.6. The first-order chi connectivity index (χ1) is 16.4. The predicted octanol–water partition coefficient (Wildman–Crippen LogP) is 3.37. The number of carboxylic acids is 1. The third-order valence-electron chi connectivity index (χ3n) is 5.68. The van der Waals surface area contributed by atoms with Crippen LogP contribution in [0.1, 0.15) is 41.5 Å². The number of amides is 2. The summed E-state index contributed by atoms with van der Waals surface area (Å²) in [5, 5.41) is 14.1. The Hall–Kier alpha value is -4.14. The molecule has 0 radical (unpaired) electrons. The predicted molar refractivity (Wildman–Crippen MR) is 122 cm³/mol. The summed E-state index contributed by atoms with van der Waals surface area (Å²) in [5.74, 6) is -0.841. The van der Waals surface area contributed by atoms with Gasteiger partial charge in [0.25, 0.3) is 0 Å². The molecule has 4 rings (SSSR count). The largest absolute Gasteiger partial charge is 0.481 e. The third kappa shape index (κ3) is 5.25. The highest BCUT2D eigenvalue weighted by molar-refractivity contribution is 5.86. The number of nitrogens with zero attached hydrogens (tertiary/aromatic N) is 1. The van der Waals surface area contributed by atoms with Gasteiger partial charge in [0.1, 0.15) is 18.4 Å². The van der Waals surface area contributed by atoms with E-state index in [2.05, 4.69) is 15.6 Å². The number of aryl methyl sites for hydroxylation is 1. The molecule has 1 atom stereocenters. The van der Waals surface area contributed by atoms with Gasteiger partial charge in [0.15, 0.2) is 0 Å². The van der Waals surface area contributed by atoms with E-state index in [1.807, 2.05) is 48.5 Å². The summed E-state index contributed by atoms with van der Waals surface area (Å²) in [5.41, 5.74) is 4.34. The van der Waals surface area contributed by atoms with E-state index in [1.165, 1.54) is 6.20 Å². The van der Waals surface area contributed by atoms with Crippen LogP contribution >= 0.6 is 0 Å². The van der Waals surface area contributed by atoms with Gasteiger partial charge >= 0.3 is 12.1 Å². The van der Waals surface area contributed by atoms with E-state index in [1.54, 1.807) is 6.92 Å². The Bertz CT molecular complexity index is 1160. The van der Waals surface area contributed by atoms with Crippen LogP contribution in [0.5, 0.6) is 0 Å². The van der Waals surface area contributed by atoms with E-state index < -0.39 is 24.0 Å². The van der Waals surface area contributed by atoms with Crippen molar-refractivity contribution in [1.29, 1.82) is 0 Å². The number of fused-ring (bicyclic) bond motifs is 3. The molecule has 0 spiro atoms. The first-order valence-electron chi connectivity index (χ1n) is 10.9. The average Bonchev–Trinajstić information content (AvgIpc) is 3.39. The molecule has 0 bridgehead atoms. The zero-order chi connectivity index (χ0) is 24.1. The van der Waals surface area contributed by atoms with Crippen LogP contribution in [0.2, 0.25) is 0 Å². The number of rotatable bonds is 9. The normalized spacial score (nSPS) is 13.0. The van der Waals surface area contributed by atoms with E-state index in [0.29, 0.717) is 11.7 Å². The quantitative estimate of drug-likeness (QED) is 0.443. The number of nitrogens with one attached hydrogen (secondary N) is 2. The van der Waals surface area contributed by atoms with Crippen LogP contribution in [-0.4, -0.2) is 40.7 Å². The van der Waals surface area contributed by atoms with Gasteiger partial charge in [-0.15, -0.1) is 0 Å². The van der Waals surface area contributed by atoms with Crippen LogP contribution in [0.3, 0.4) is 0 Å². The second kappa shape index (κ2) is 10.2. The van der Waals surface area contributed by atoms with Crippen LogP contribution in [0.25, 0.3) is 11.1 Å². The van der Waals surface area contributed by atoms with Gasteiger partial charge in [-0.1, -0.05) is 48.5 Å². The zero-order valence-corrected chi connectivity index (χ0v) is 18.6. The molecule has 0 saturated heterocycles. The summed E-state index contributed by atoms with van der Waals surface area (Å²) in [6.45, 7) is 1.83. The fraction of sp³-hybridized carbons (Fsp3) is 0.280. The van der Waals surface area contributed by atoms with Gasteiger partial charge in [-0.3, -0.25) is 9.59 Å². The fourth-order valence-corrected chi connectivity index (χ4v) is 4.09. The Balaban J connectivity index is 1.38. The summed E-state index contributed by atoms with van der Waals surface area (Å²) in [4.78, 5) is 40.2. The minimum absolute atomic E-state index is 0.0165. The number of carbonyl (C=O) groups excluding carboxylic acids is 2. The monoisotopic (exact) mass is 463 g/mol. The minimum Gasteiger partial charge on any atom is -0.481 e. The molecule has 9 nitrogen and oxygen atoms in total. The Kier molecular flexibility index (Phi) is 6.91. The van der Waals surface area contributed by atoms with E-state index in [-0.39, 0.29) is 31.9 Å². The minimum atomic E-state index is -1.08. The van der Waals surface area contributed by atoms with Crippen LogP contribution in [0.15, 0.2) is 59.1 Å². The molecule has 176 valence electrons. The summed E-state index contributed by atoms with van der Waals surface area (Å²) in [7, 11) is 0. The molecular weight excluding hydrogens is 438 g/mol. The summed E-state index contributed by atoms with van der Waals surface area (Å²) in [6.07, 6.45) is 0.355. The molecule has 9 heteroatoms. The third-order valence-corrected chi connectivity index (χ3v) is 5.68. The number of ether oxygens (including phenoxy) is 1. The van der Waals surface area contributed by atoms with Gasteiger partial charge in [-0.25, -0.2) is 9.78 Å². The zero-order valence-electron chi connectivity index (χ0n) is 18.6. The van der Waals surface area contributed by atoms with Crippen LogP contribution < -0.4 is 10.6 Å². The number of hydrogen-bond acceptors (Lipinski definition) is 6. The van der Waals surface area contributed by atoms with Gasteiger partial charge in [0.2, 0.25) is 11.8 Å². The van der Waals surface area contributed by atoms with Crippen LogP contribution in [0.4, 0.5) is 4.79 Å². The lowest BCUT2D eigenvalue weighted by atomic mass is 9.98. The van der Waals surface area contributed by atoms with Crippen molar-refractivity contribution < 1.29 is 28.6 Å². The first kappa shape index (κ1) is 23.0. The van der Waals surface area contributed by atoms with E-state index in [4.69, 9.17) is 14.3 Å². The average molecular weight is 463 g/mol. The Morgan fingerprint density at radius 3 is 2.32 bits per heavy atom. The molecule has 1 aliphatic rings. The molecule has 0 aliphatic heterocycles. The molecular formula is C25H25N3O6. The molecule has 2 amide bonds. The molecule has 1 unspecified atom stereocenters. The molecule has 3 aromatic rings. The van der Waals surface area contributed by atoms with Crippen molar-refractivity contribution >= 4 is 18.0 Å². The highest BCUT2D eigenvalue weighted by Gasteiger charge is 2.30. The van der Waals surface area contributed by atoms with Gasteiger partial charge in [-0.2, -0.15) is 0 Å². The van der Waals surface area contributed by atoms with Crippen molar-refractivity contribution in [1.82, 2.24) is 15.6 Å². The fourth-order valence-electron chi connectivity index (χ4n) is 4.09. The molecule has 34 heavy (non-hydrogen) atoms. The van der Waals surface area contributed by atoms with Gasteiger partial charge < -0.3 is 24.9 Å². The Morgan fingerprint density at radius 2 is 1.74 bits per heavy atom. The molecule has 0 fully saturated rings. The Morgan fingerprint density at radius 1 is 1.09 bits per heavy atom. The standard InChI is InChI=1S/C25H25N3O6/c1-15-12-26-22(34-15)13-27-24(31)21(10-11-23(29)30)28-25(32)33-14-20-18-8-4-2-6-16(18)17-7-3-5-9-19(17)20/h2-9,12,20-21H,10-11,13-14H2,1H3,(H,27,31)(H,28,32)(H,29,30). The number of hydrogen-bond donors (Lipinski definition) is 3. The van der Waals surface area contributed by atoms with Crippen LogP contribution in [-0.2, 0) is 20.9 Å². The van der Waals surface area contributed by atoms with Crippen molar-refractivity contribution in [2.24, 2.45) is 0 Å². The number of aliphatic carboxylic acids is 1. The molecule has 1 aromatic heterocycles.